The van der Waals surface area contributed by atoms with Gasteiger partial charge >= 0.3 is 6.03 Å². The van der Waals surface area contributed by atoms with Crippen LogP contribution in [0.2, 0.25) is 5.02 Å². The van der Waals surface area contributed by atoms with E-state index in [1.165, 1.54) is 36.4 Å². The van der Waals surface area contributed by atoms with Crippen molar-refractivity contribution in [1.29, 1.82) is 0 Å². The Balaban J connectivity index is 1.42. The highest BCUT2D eigenvalue weighted by Gasteiger charge is 2.24. The van der Waals surface area contributed by atoms with Gasteiger partial charge in [0.2, 0.25) is 5.91 Å². The van der Waals surface area contributed by atoms with Crippen LogP contribution in [0.25, 0.3) is 0 Å². The number of nitrogens with one attached hydrogen (secondary N) is 2. The van der Waals surface area contributed by atoms with Crippen molar-refractivity contribution in [2.24, 2.45) is 5.92 Å². The van der Waals surface area contributed by atoms with E-state index in [1.54, 1.807) is 11.0 Å². The van der Waals surface area contributed by atoms with Crippen molar-refractivity contribution in [1.82, 2.24) is 10.2 Å². The van der Waals surface area contributed by atoms with E-state index in [1.807, 2.05) is 0 Å². The van der Waals surface area contributed by atoms with Crippen LogP contribution in [0.5, 0.6) is 0 Å². The average molecular weight is 436 g/mol. The smallest absolute Gasteiger partial charge is 0.321 e. The molecule has 1 unspecified atom stereocenters. The van der Waals surface area contributed by atoms with Crippen molar-refractivity contribution in [3.63, 3.8) is 0 Å². The van der Waals surface area contributed by atoms with Crippen molar-refractivity contribution < 1.29 is 18.4 Å². The van der Waals surface area contributed by atoms with Gasteiger partial charge in [0.15, 0.2) is 0 Å². The number of rotatable bonds is 6. The molecule has 0 aromatic heterocycles. The molecule has 160 valence electrons. The summed E-state index contributed by atoms with van der Waals surface area (Å²) in [6.45, 7) is 1.47. The SMILES string of the molecule is O=C(CCC1CCCN(C(=O)Nc2ccc(F)cc2)C1)NCc1ccc(F)cc1Cl. The van der Waals surface area contributed by atoms with Crippen LogP contribution < -0.4 is 10.6 Å². The molecular weight excluding hydrogens is 412 g/mol. The van der Waals surface area contributed by atoms with Crippen LogP contribution in [0.3, 0.4) is 0 Å². The van der Waals surface area contributed by atoms with E-state index in [0.29, 0.717) is 37.2 Å². The van der Waals surface area contributed by atoms with Gasteiger partial charge in [-0.1, -0.05) is 17.7 Å². The Morgan fingerprint density at radius 1 is 1.10 bits per heavy atom. The molecule has 3 rings (SSSR count). The van der Waals surface area contributed by atoms with Crippen LogP contribution >= 0.6 is 11.6 Å². The molecule has 0 bridgehead atoms. The van der Waals surface area contributed by atoms with Crippen molar-refractivity contribution in [3.05, 3.63) is 64.7 Å². The predicted octanol–water partition coefficient (Wildman–Crippen LogP) is 4.96. The second-order valence-electron chi connectivity index (χ2n) is 7.44. The molecule has 2 aromatic rings. The van der Waals surface area contributed by atoms with E-state index in [4.69, 9.17) is 11.6 Å². The van der Waals surface area contributed by atoms with Crippen LogP contribution in [-0.4, -0.2) is 29.9 Å². The minimum atomic E-state index is -0.416. The van der Waals surface area contributed by atoms with Crippen LogP contribution in [0.15, 0.2) is 42.5 Å². The summed E-state index contributed by atoms with van der Waals surface area (Å²) in [4.78, 5) is 26.4. The lowest BCUT2D eigenvalue weighted by atomic mass is 9.93. The van der Waals surface area contributed by atoms with Gasteiger partial charge in [-0.2, -0.15) is 0 Å². The lowest BCUT2D eigenvalue weighted by Gasteiger charge is -2.32. The first-order valence-electron chi connectivity index (χ1n) is 9.93. The molecule has 1 saturated heterocycles. The summed E-state index contributed by atoms with van der Waals surface area (Å²) in [5, 5.41) is 5.86. The van der Waals surface area contributed by atoms with E-state index in [2.05, 4.69) is 10.6 Å². The van der Waals surface area contributed by atoms with Crippen molar-refractivity contribution in [2.75, 3.05) is 18.4 Å². The number of anilines is 1. The summed E-state index contributed by atoms with van der Waals surface area (Å²) in [6.07, 6.45) is 2.84. The third-order valence-corrected chi connectivity index (χ3v) is 5.52. The van der Waals surface area contributed by atoms with Gasteiger partial charge in [0, 0.05) is 36.8 Å². The minimum Gasteiger partial charge on any atom is -0.352 e. The molecule has 5 nitrogen and oxygen atoms in total. The lowest BCUT2D eigenvalue weighted by molar-refractivity contribution is -0.121. The molecule has 0 spiro atoms. The highest BCUT2D eigenvalue weighted by Crippen LogP contribution is 2.22. The molecule has 0 radical (unpaired) electrons. The summed E-state index contributed by atoms with van der Waals surface area (Å²) in [5.41, 5.74) is 1.20. The second kappa shape index (κ2) is 10.4. The number of nitrogens with zero attached hydrogens (tertiary/aromatic N) is 1. The van der Waals surface area contributed by atoms with E-state index in [-0.39, 0.29) is 35.2 Å². The molecule has 0 saturated carbocycles. The second-order valence-corrected chi connectivity index (χ2v) is 7.85. The van der Waals surface area contributed by atoms with Gasteiger partial charge in [-0.05, 0) is 67.1 Å². The normalized spacial score (nSPS) is 16.2. The molecule has 30 heavy (non-hydrogen) atoms. The van der Waals surface area contributed by atoms with Crippen LogP contribution in [0.1, 0.15) is 31.2 Å². The predicted molar refractivity (Wildman–Crippen MR) is 112 cm³/mol. The standard InChI is InChI=1S/C22H24ClF2N3O2/c23-20-12-18(25)5-4-16(20)13-26-21(29)10-3-15-2-1-11-28(14-15)22(30)27-19-8-6-17(24)7-9-19/h4-9,12,15H,1-3,10-11,13-14H2,(H,26,29)(H,27,30). The fourth-order valence-electron chi connectivity index (χ4n) is 3.50. The zero-order chi connectivity index (χ0) is 21.5. The number of carbonyl (C=O) groups excluding carboxylic acids is 2. The highest BCUT2D eigenvalue weighted by atomic mass is 35.5. The monoisotopic (exact) mass is 435 g/mol. The Bertz CT molecular complexity index is 892. The van der Waals surface area contributed by atoms with Gasteiger partial charge in [-0.3, -0.25) is 4.79 Å². The fraction of sp³-hybridized carbons (Fsp3) is 0.364. The summed E-state index contributed by atoms with van der Waals surface area (Å²) in [7, 11) is 0. The fourth-order valence-corrected chi connectivity index (χ4v) is 3.74. The molecule has 2 aromatic carbocycles. The molecule has 1 aliphatic heterocycles. The number of amides is 3. The summed E-state index contributed by atoms with van der Waals surface area (Å²) in [5.74, 6) is -0.646. The van der Waals surface area contributed by atoms with Gasteiger partial charge in [0.25, 0.3) is 0 Å². The Kier molecular flexibility index (Phi) is 7.63. The zero-order valence-electron chi connectivity index (χ0n) is 16.5. The topological polar surface area (TPSA) is 61.4 Å². The Hall–Kier alpha value is -2.67. The van der Waals surface area contributed by atoms with E-state index in [9.17, 15) is 18.4 Å². The van der Waals surface area contributed by atoms with Crippen molar-refractivity contribution in [2.45, 2.75) is 32.2 Å². The largest absolute Gasteiger partial charge is 0.352 e. The molecule has 3 amide bonds. The summed E-state index contributed by atoms with van der Waals surface area (Å²) in [6, 6.07) is 9.49. The zero-order valence-corrected chi connectivity index (χ0v) is 17.2. The van der Waals surface area contributed by atoms with Crippen LogP contribution in [0.4, 0.5) is 19.3 Å². The van der Waals surface area contributed by atoms with Gasteiger partial charge in [0.05, 0.1) is 0 Å². The molecular formula is C22H24ClF2N3O2. The molecule has 1 heterocycles. The third-order valence-electron chi connectivity index (χ3n) is 5.17. The van der Waals surface area contributed by atoms with E-state index < -0.39 is 5.82 Å². The first-order valence-corrected chi connectivity index (χ1v) is 10.3. The first-order chi connectivity index (χ1) is 14.4. The number of halogens is 3. The molecule has 1 fully saturated rings. The number of benzene rings is 2. The lowest BCUT2D eigenvalue weighted by Crippen LogP contribution is -2.42. The molecule has 0 aliphatic carbocycles. The van der Waals surface area contributed by atoms with Crippen molar-refractivity contribution in [3.8, 4) is 0 Å². The number of piperidine rings is 1. The Morgan fingerprint density at radius 2 is 1.83 bits per heavy atom. The number of urea groups is 1. The van der Waals surface area contributed by atoms with E-state index in [0.717, 1.165) is 12.8 Å². The quantitative estimate of drug-likeness (QED) is 0.673. The molecule has 8 heteroatoms. The van der Waals surface area contributed by atoms with Crippen LogP contribution in [-0.2, 0) is 11.3 Å². The summed E-state index contributed by atoms with van der Waals surface area (Å²) < 4.78 is 26.1. The first kappa shape index (κ1) is 22.0. The van der Waals surface area contributed by atoms with Crippen molar-refractivity contribution >= 4 is 29.2 Å². The molecule has 2 N–H and O–H groups in total. The maximum atomic E-state index is 13.1. The third kappa shape index (κ3) is 6.42. The molecule has 1 atom stereocenters. The maximum absolute atomic E-state index is 13.1. The Labute approximate surface area is 179 Å². The molecule has 1 aliphatic rings. The van der Waals surface area contributed by atoms with Gasteiger partial charge in [-0.15, -0.1) is 0 Å². The highest BCUT2D eigenvalue weighted by molar-refractivity contribution is 6.31. The maximum Gasteiger partial charge on any atom is 0.321 e. The number of hydrogen-bond donors (Lipinski definition) is 2. The van der Waals surface area contributed by atoms with E-state index >= 15 is 0 Å². The average Bonchev–Trinajstić information content (AvgIpc) is 2.73. The Morgan fingerprint density at radius 3 is 2.57 bits per heavy atom. The minimum absolute atomic E-state index is 0.108. The van der Waals surface area contributed by atoms with Gasteiger partial charge in [-0.25, -0.2) is 13.6 Å². The van der Waals surface area contributed by atoms with Gasteiger partial charge < -0.3 is 15.5 Å². The van der Waals surface area contributed by atoms with Gasteiger partial charge in [0.1, 0.15) is 11.6 Å². The number of likely N-dealkylation sites (tertiary alicyclic amines) is 1. The number of carbonyl (C=O) groups is 2. The van der Waals surface area contributed by atoms with Crippen LogP contribution in [0, 0.1) is 17.6 Å². The summed E-state index contributed by atoms with van der Waals surface area (Å²) >= 11 is 5.97. The number of hydrogen-bond acceptors (Lipinski definition) is 2.